The molecule has 1 heterocycles. The largest absolute Gasteiger partial charge is 0.366 e. The Morgan fingerprint density at radius 1 is 1.04 bits per heavy atom. The van der Waals surface area contributed by atoms with Gasteiger partial charge in [0.2, 0.25) is 5.91 Å². The Labute approximate surface area is 162 Å². The maximum absolute atomic E-state index is 13.9. The summed E-state index contributed by atoms with van der Waals surface area (Å²) in [5.74, 6) is -0.812. The van der Waals surface area contributed by atoms with Gasteiger partial charge in [-0.25, -0.2) is 4.39 Å². The molecule has 1 atom stereocenters. The number of nitrogens with zero attached hydrogens (tertiary/aromatic N) is 2. The molecule has 7 heteroatoms. The van der Waals surface area contributed by atoms with Gasteiger partial charge in [0.05, 0.1) is 16.3 Å². The van der Waals surface area contributed by atoms with Crippen molar-refractivity contribution in [2.75, 3.05) is 31.1 Å². The van der Waals surface area contributed by atoms with Crippen LogP contribution < -0.4 is 10.2 Å². The zero-order valence-corrected chi connectivity index (χ0v) is 15.7. The van der Waals surface area contributed by atoms with Crippen molar-refractivity contribution in [1.29, 1.82) is 0 Å². The van der Waals surface area contributed by atoms with E-state index < -0.39 is 6.04 Å². The number of halogens is 2. The summed E-state index contributed by atoms with van der Waals surface area (Å²) in [4.78, 5) is 28.6. The number of amides is 2. The standard InChI is InChI=1S/C20H21ClFN3O2/c1-14(23-19(26)15-6-2-3-7-16(15)21)20(27)25-12-10-24(11-13-25)18-9-5-4-8-17(18)22/h2-9,14H,10-13H2,1H3,(H,23,26). The van der Waals surface area contributed by atoms with Crippen LogP contribution in [0.3, 0.4) is 0 Å². The van der Waals surface area contributed by atoms with Crippen LogP contribution in [0.4, 0.5) is 10.1 Å². The average Bonchev–Trinajstić information content (AvgIpc) is 2.68. The molecular weight excluding hydrogens is 369 g/mol. The molecule has 1 aliphatic rings. The van der Waals surface area contributed by atoms with Gasteiger partial charge >= 0.3 is 0 Å². The van der Waals surface area contributed by atoms with Gasteiger partial charge in [-0.2, -0.15) is 0 Å². The van der Waals surface area contributed by atoms with Gasteiger partial charge in [-0.1, -0.05) is 35.9 Å². The number of anilines is 1. The minimum atomic E-state index is -0.672. The van der Waals surface area contributed by atoms with E-state index in [0.717, 1.165) is 0 Å². The predicted molar refractivity (Wildman–Crippen MR) is 104 cm³/mol. The molecule has 0 aromatic heterocycles. The number of nitrogens with one attached hydrogen (secondary N) is 1. The van der Waals surface area contributed by atoms with E-state index in [-0.39, 0.29) is 17.6 Å². The van der Waals surface area contributed by atoms with Crippen LogP contribution in [0.25, 0.3) is 0 Å². The number of benzene rings is 2. The van der Waals surface area contributed by atoms with Crippen LogP contribution in [0.2, 0.25) is 5.02 Å². The highest BCUT2D eigenvalue weighted by atomic mass is 35.5. The monoisotopic (exact) mass is 389 g/mol. The summed E-state index contributed by atoms with van der Waals surface area (Å²) < 4.78 is 13.9. The van der Waals surface area contributed by atoms with Gasteiger partial charge in [-0.05, 0) is 31.2 Å². The van der Waals surface area contributed by atoms with Gasteiger partial charge in [-0.15, -0.1) is 0 Å². The Bertz CT molecular complexity index is 837. The number of hydrogen-bond donors (Lipinski definition) is 1. The van der Waals surface area contributed by atoms with Crippen molar-refractivity contribution in [3.8, 4) is 0 Å². The SMILES string of the molecule is CC(NC(=O)c1ccccc1Cl)C(=O)N1CCN(c2ccccc2F)CC1. The lowest BCUT2D eigenvalue weighted by molar-refractivity contribution is -0.133. The molecule has 0 spiro atoms. The number of hydrogen-bond acceptors (Lipinski definition) is 3. The normalized spacial score (nSPS) is 15.4. The summed E-state index contributed by atoms with van der Waals surface area (Å²) in [5.41, 5.74) is 0.882. The third kappa shape index (κ3) is 4.39. The van der Waals surface area contributed by atoms with Crippen molar-refractivity contribution in [3.05, 3.63) is 64.9 Å². The summed E-state index contributed by atoms with van der Waals surface area (Å²) in [7, 11) is 0. The van der Waals surface area contributed by atoms with E-state index in [1.165, 1.54) is 6.07 Å². The molecule has 2 amide bonds. The Kier molecular flexibility index (Phi) is 5.96. The van der Waals surface area contributed by atoms with E-state index in [1.54, 1.807) is 54.3 Å². The molecule has 1 saturated heterocycles. The molecule has 1 N–H and O–H groups in total. The number of para-hydroxylation sites is 1. The molecule has 0 aliphatic carbocycles. The number of rotatable bonds is 4. The smallest absolute Gasteiger partial charge is 0.253 e. The fourth-order valence-electron chi connectivity index (χ4n) is 3.13. The molecular formula is C20H21ClFN3O2. The second-order valence-electron chi connectivity index (χ2n) is 6.44. The van der Waals surface area contributed by atoms with Crippen molar-refractivity contribution in [1.82, 2.24) is 10.2 Å². The first-order valence-electron chi connectivity index (χ1n) is 8.81. The zero-order chi connectivity index (χ0) is 19.4. The van der Waals surface area contributed by atoms with Gasteiger partial charge in [0.15, 0.2) is 0 Å². The Balaban J connectivity index is 1.56. The van der Waals surface area contributed by atoms with Gasteiger partial charge < -0.3 is 15.1 Å². The molecule has 1 aliphatic heterocycles. The highest BCUT2D eigenvalue weighted by Gasteiger charge is 2.27. The van der Waals surface area contributed by atoms with Crippen LogP contribution in [0.1, 0.15) is 17.3 Å². The fourth-order valence-corrected chi connectivity index (χ4v) is 3.35. The van der Waals surface area contributed by atoms with Crippen molar-refractivity contribution >= 4 is 29.1 Å². The van der Waals surface area contributed by atoms with Crippen LogP contribution in [0.5, 0.6) is 0 Å². The van der Waals surface area contributed by atoms with E-state index in [0.29, 0.717) is 42.5 Å². The van der Waals surface area contributed by atoms with Crippen LogP contribution in [-0.2, 0) is 4.79 Å². The number of carbonyl (C=O) groups excluding carboxylic acids is 2. The van der Waals surface area contributed by atoms with E-state index in [1.807, 2.05) is 4.90 Å². The zero-order valence-electron chi connectivity index (χ0n) is 15.0. The highest BCUT2D eigenvalue weighted by Crippen LogP contribution is 2.20. The molecule has 0 saturated carbocycles. The maximum atomic E-state index is 13.9. The Morgan fingerprint density at radius 3 is 2.33 bits per heavy atom. The van der Waals surface area contributed by atoms with Crippen molar-refractivity contribution in [2.24, 2.45) is 0 Å². The second kappa shape index (κ2) is 8.39. The third-order valence-corrected chi connectivity index (χ3v) is 4.95. The quantitative estimate of drug-likeness (QED) is 0.874. The van der Waals surface area contributed by atoms with Crippen molar-refractivity contribution in [3.63, 3.8) is 0 Å². The number of piperazine rings is 1. The summed E-state index contributed by atoms with van der Waals surface area (Å²) in [6.45, 7) is 3.68. The molecule has 1 fully saturated rings. The van der Waals surface area contributed by atoms with Gasteiger partial charge in [0.25, 0.3) is 5.91 Å². The Hall–Kier alpha value is -2.60. The summed E-state index contributed by atoms with van der Waals surface area (Å²) in [5, 5.41) is 3.04. The number of carbonyl (C=O) groups is 2. The lowest BCUT2D eigenvalue weighted by Crippen LogP contribution is -2.54. The fraction of sp³-hybridized carbons (Fsp3) is 0.300. The Morgan fingerprint density at radius 2 is 1.67 bits per heavy atom. The third-order valence-electron chi connectivity index (χ3n) is 4.62. The molecule has 27 heavy (non-hydrogen) atoms. The van der Waals surface area contributed by atoms with Gasteiger partial charge in [0, 0.05) is 26.2 Å². The molecule has 0 radical (unpaired) electrons. The van der Waals surface area contributed by atoms with E-state index >= 15 is 0 Å². The van der Waals surface area contributed by atoms with E-state index in [9.17, 15) is 14.0 Å². The maximum Gasteiger partial charge on any atom is 0.253 e. The summed E-state index contributed by atoms with van der Waals surface area (Å²) in [6.07, 6.45) is 0. The summed E-state index contributed by atoms with van der Waals surface area (Å²) >= 11 is 6.03. The molecule has 142 valence electrons. The minimum absolute atomic E-state index is 0.163. The van der Waals surface area contributed by atoms with Crippen molar-refractivity contribution in [2.45, 2.75) is 13.0 Å². The van der Waals surface area contributed by atoms with Crippen LogP contribution >= 0.6 is 11.6 Å². The molecule has 0 bridgehead atoms. The lowest BCUT2D eigenvalue weighted by atomic mass is 10.1. The topological polar surface area (TPSA) is 52.7 Å². The van der Waals surface area contributed by atoms with E-state index in [4.69, 9.17) is 11.6 Å². The van der Waals surface area contributed by atoms with Gasteiger partial charge in [-0.3, -0.25) is 9.59 Å². The molecule has 1 unspecified atom stereocenters. The lowest BCUT2D eigenvalue weighted by Gasteiger charge is -2.37. The second-order valence-corrected chi connectivity index (χ2v) is 6.85. The van der Waals surface area contributed by atoms with E-state index in [2.05, 4.69) is 5.32 Å². The predicted octanol–water partition coefficient (Wildman–Crippen LogP) is 2.95. The molecule has 5 nitrogen and oxygen atoms in total. The van der Waals surface area contributed by atoms with Gasteiger partial charge in [0.1, 0.15) is 11.9 Å². The first kappa shape index (κ1) is 19.2. The molecule has 3 rings (SSSR count). The summed E-state index contributed by atoms with van der Waals surface area (Å²) in [6, 6.07) is 12.6. The van der Waals surface area contributed by atoms with Crippen molar-refractivity contribution < 1.29 is 14.0 Å². The van der Waals surface area contributed by atoms with Crippen LogP contribution in [0, 0.1) is 5.82 Å². The first-order valence-corrected chi connectivity index (χ1v) is 9.19. The first-order chi connectivity index (χ1) is 13.0. The van der Waals surface area contributed by atoms with Crippen LogP contribution in [-0.4, -0.2) is 48.9 Å². The average molecular weight is 390 g/mol. The molecule has 2 aromatic rings. The minimum Gasteiger partial charge on any atom is -0.366 e. The van der Waals surface area contributed by atoms with Crippen LogP contribution in [0.15, 0.2) is 48.5 Å². The highest BCUT2D eigenvalue weighted by molar-refractivity contribution is 6.33. The molecule has 2 aromatic carbocycles.